The first-order chi connectivity index (χ1) is 4.41. The summed E-state index contributed by atoms with van der Waals surface area (Å²) in [7, 11) is 0. The van der Waals surface area contributed by atoms with Crippen LogP contribution in [-0.2, 0) is 4.84 Å². The molecule has 9 heavy (non-hydrogen) atoms. The predicted octanol–water partition coefficient (Wildman–Crippen LogP) is -0.499. The van der Waals surface area contributed by atoms with Gasteiger partial charge in [-0.1, -0.05) is 0 Å². The zero-order chi connectivity index (χ0) is 6.16. The molecule has 0 aromatic rings. The van der Waals surface area contributed by atoms with Gasteiger partial charge in [0.05, 0.1) is 6.61 Å². The van der Waals surface area contributed by atoms with Crippen molar-refractivity contribution in [2.24, 2.45) is 5.41 Å². The molecule has 0 radical (unpaired) electrons. The van der Waals surface area contributed by atoms with Gasteiger partial charge in [-0.2, -0.15) is 0 Å². The Balaban J connectivity index is 2.04. The van der Waals surface area contributed by atoms with Crippen LogP contribution in [0.25, 0.3) is 0 Å². The Labute approximate surface area is 54.7 Å². The molecule has 2 heterocycles. The standard InChI is InChI=1S/C6H12N2O/c1-2-7-3-6(1)4-8-9-5-6/h7-8H,1-5H2. The molecule has 1 spiro atoms. The fourth-order valence-electron chi connectivity index (χ4n) is 1.53. The maximum absolute atomic E-state index is 5.09. The van der Waals surface area contributed by atoms with E-state index in [2.05, 4.69) is 10.8 Å². The molecule has 2 aliphatic heterocycles. The van der Waals surface area contributed by atoms with E-state index in [1.165, 1.54) is 6.42 Å². The van der Waals surface area contributed by atoms with Crippen molar-refractivity contribution in [2.45, 2.75) is 6.42 Å². The molecule has 0 amide bonds. The Morgan fingerprint density at radius 2 is 2.33 bits per heavy atom. The Morgan fingerprint density at radius 3 is 2.89 bits per heavy atom. The van der Waals surface area contributed by atoms with Crippen LogP contribution in [0.15, 0.2) is 0 Å². The van der Waals surface area contributed by atoms with Crippen molar-refractivity contribution >= 4 is 0 Å². The summed E-state index contributed by atoms with van der Waals surface area (Å²) in [5, 5.41) is 3.34. The third-order valence-corrected chi connectivity index (χ3v) is 2.26. The van der Waals surface area contributed by atoms with Gasteiger partial charge < -0.3 is 10.2 Å². The lowest BCUT2D eigenvalue weighted by Crippen LogP contribution is -2.28. The van der Waals surface area contributed by atoms with Crippen LogP contribution in [0, 0.1) is 5.41 Å². The van der Waals surface area contributed by atoms with E-state index in [0.717, 1.165) is 26.2 Å². The smallest absolute Gasteiger partial charge is 0.0764 e. The van der Waals surface area contributed by atoms with Gasteiger partial charge in [0, 0.05) is 18.5 Å². The maximum atomic E-state index is 5.09. The molecule has 0 aliphatic carbocycles. The van der Waals surface area contributed by atoms with Crippen LogP contribution in [0.3, 0.4) is 0 Å². The molecule has 2 rings (SSSR count). The van der Waals surface area contributed by atoms with Gasteiger partial charge in [-0.15, -0.1) is 0 Å². The number of hydrogen-bond donors (Lipinski definition) is 2. The van der Waals surface area contributed by atoms with Gasteiger partial charge in [0.2, 0.25) is 0 Å². The number of hydrogen-bond acceptors (Lipinski definition) is 3. The highest BCUT2D eigenvalue weighted by Gasteiger charge is 2.37. The van der Waals surface area contributed by atoms with E-state index in [0.29, 0.717) is 5.41 Å². The molecule has 2 aliphatic rings. The average molecular weight is 128 g/mol. The van der Waals surface area contributed by atoms with Crippen molar-refractivity contribution in [3.05, 3.63) is 0 Å². The first-order valence-electron chi connectivity index (χ1n) is 3.47. The van der Waals surface area contributed by atoms with Crippen molar-refractivity contribution in [1.29, 1.82) is 0 Å². The second-order valence-corrected chi connectivity index (χ2v) is 3.04. The Hall–Kier alpha value is -0.120. The van der Waals surface area contributed by atoms with E-state index in [4.69, 9.17) is 4.84 Å². The van der Waals surface area contributed by atoms with Crippen LogP contribution in [-0.4, -0.2) is 26.2 Å². The lowest BCUT2D eigenvalue weighted by Gasteiger charge is -2.15. The van der Waals surface area contributed by atoms with Gasteiger partial charge in [0.25, 0.3) is 0 Å². The zero-order valence-corrected chi connectivity index (χ0v) is 5.44. The summed E-state index contributed by atoms with van der Waals surface area (Å²) in [6, 6.07) is 0. The first kappa shape index (κ1) is 5.65. The van der Waals surface area contributed by atoms with Crippen LogP contribution < -0.4 is 10.8 Å². The normalized spacial score (nSPS) is 42.7. The Bertz CT molecular complexity index is 86.1. The number of rotatable bonds is 0. The fraction of sp³-hybridized carbons (Fsp3) is 1.00. The summed E-state index contributed by atoms with van der Waals surface area (Å²) in [6.07, 6.45) is 1.26. The average Bonchev–Trinajstić information content (AvgIpc) is 2.45. The largest absolute Gasteiger partial charge is 0.316 e. The minimum absolute atomic E-state index is 0.444. The van der Waals surface area contributed by atoms with E-state index >= 15 is 0 Å². The summed E-state index contributed by atoms with van der Waals surface area (Å²) in [4.78, 5) is 5.09. The molecule has 0 aromatic carbocycles. The van der Waals surface area contributed by atoms with E-state index in [-0.39, 0.29) is 0 Å². The summed E-state index contributed by atoms with van der Waals surface area (Å²) in [6.45, 7) is 4.20. The van der Waals surface area contributed by atoms with Crippen molar-refractivity contribution < 1.29 is 4.84 Å². The second kappa shape index (κ2) is 1.94. The van der Waals surface area contributed by atoms with Gasteiger partial charge in [0.15, 0.2) is 0 Å². The minimum atomic E-state index is 0.444. The van der Waals surface area contributed by atoms with Crippen LogP contribution in [0.5, 0.6) is 0 Å². The SMILES string of the molecule is C1CC2(CN1)CNOC2. The molecular formula is C6H12N2O. The molecule has 3 nitrogen and oxygen atoms in total. The maximum Gasteiger partial charge on any atom is 0.0764 e. The van der Waals surface area contributed by atoms with E-state index in [9.17, 15) is 0 Å². The molecule has 0 saturated carbocycles. The monoisotopic (exact) mass is 128 g/mol. The summed E-state index contributed by atoms with van der Waals surface area (Å²) >= 11 is 0. The number of nitrogens with one attached hydrogen (secondary N) is 2. The van der Waals surface area contributed by atoms with Gasteiger partial charge >= 0.3 is 0 Å². The molecule has 2 fully saturated rings. The van der Waals surface area contributed by atoms with Gasteiger partial charge in [-0.3, -0.25) is 0 Å². The highest BCUT2D eigenvalue weighted by Crippen LogP contribution is 2.27. The molecular weight excluding hydrogens is 116 g/mol. The predicted molar refractivity (Wildman–Crippen MR) is 33.9 cm³/mol. The first-order valence-corrected chi connectivity index (χ1v) is 3.47. The molecule has 0 aromatic heterocycles. The van der Waals surface area contributed by atoms with Crippen LogP contribution in [0.1, 0.15) is 6.42 Å². The minimum Gasteiger partial charge on any atom is -0.316 e. The highest BCUT2D eigenvalue weighted by molar-refractivity contribution is 4.90. The van der Waals surface area contributed by atoms with Crippen LogP contribution in [0.4, 0.5) is 0 Å². The van der Waals surface area contributed by atoms with Gasteiger partial charge in [0.1, 0.15) is 0 Å². The van der Waals surface area contributed by atoms with Crippen LogP contribution in [0.2, 0.25) is 0 Å². The molecule has 0 bridgehead atoms. The Morgan fingerprint density at radius 1 is 1.33 bits per heavy atom. The Kier molecular flexibility index (Phi) is 1.22. The molecule has 2 N–H and O–H groups in total. The summed E-state index contributed by atoms with van der Waals surface area (Å²) < 4.78 is 0. The third kappa shape index (κ3) is 0.852. The summed E-state index contributed by atoms with van der Waals surface area (Å²) in [5.41, 5.74) is 3.36. The quantitative estimate of drug-likeness (QED) is 0.461. The van der Waals surface area contributed by atoms with Crippen molar-refractivity contribution in [3.63, 3.8) is 0 Å². The van der Waals surface area contributed by atoms with E-state index in [1.807, 2.05) is 0 Å². The second-order valence-electron chi connectivity index (χ2n) is 3.04. The van der Waals surface area contributed by atoms with Gasteiger partial charge in [-0.05, 0) is 13.0 Å². The molecule has 52 valence electrons. The molecule has 1 atom stereocenters. The van der Waals surface area contributed by atoms with Gasteiger partial charge in [-0.25, -0.2) is 5.48 Å². The molecule has 3 heteroatoms. The van der Waals surface area contributed by atoms with Crippen LogP contribution >= 0.6 is 0 Å². The topological polar surface area (TPSA) is 33.3 Å². The third-order valence-electron chi connectivity index (χ3n) is 2.26. The molecule has 2 saturated heterocycles. The van der Waals surface area contributed by atoms with E-state index < -0.39 is 0 Å². The van der Waals surface area contributed by atoms with Crippen molar-refractivity contribution in [3.8, 4) is 0 Å². The zero-order valence-electron chi connectivity index (χ0n) is 5.44. The lowest BCUT2D eigenvalue weighted by atomic mass is 9.89. The fourth-order valence-corrected chi connectivity index (χ4v) is 1.53. The number of hydroxylamine groups is 1. The van der Waals surface area contributed by atoms with Crippen molar-refractivity contribution in [2.75, 3.05) is 26.2 Å². The summed E-state index contributed by atoms with van der Waals surface area (Å²) in [5.74, 6) is 0. The van der Waals surface area contributed by atoms with E-state index in [1.54, 1.807) is 0 Å². The molecule has 1 unspecified atom stereocenters. The lowest BCUT2D eigenvalue weighted by molar-refractivity contribution is 0.0870. The van der Waals surface area contributed by atoms with Crippen molar-refractivity contribution in [1.82, 2.24) is 10.8 Å². The highest BCUT2D eigenvalue weighted by atomic mass is 16.7.